The first-order valence-electron chi connectivity index (χ1n) is 5.13. The van der Waals surface area contributed by atoms with Gasteiger partial charge in [-0.3, -0.25) is 0 Å². The molecule has 2 heterocycles. The summed E-state index contributed by atoms with van der Waals surface area (Å²) in [6.45, 7) is 0. The topological polar surface area (TPSA) is 25.8 Å². The summed E-state index contributed by atoms with van der Waals surface area (Å²) in [6, 6.07) is 6.15. The summed E-state index contributed by atoms with van der Waals surface area (Å²) in [5.74, 6) is -0.164. The van der Waals surface area contributed by atoms with Gasteiger partial charge in [0.25, 0.3) is 0 Å². The van der Waals surface area contributed by atoms with E-state index in [-0.39, 0.29) is 10.7 Å². The summed E-state index contributed by atoms with van der Waals surface area (Å²) in [5, 5.41) is 0.751. The fraction of sp³-hybridized carbons (Fsp3) is 0. The Morgan fingerprint density at radius 3 is 2.47 bits per heavy atom. The van der Waals surface area contributed by atoms with E-state index in [4.69, 9.17) is 34.8 Å². The van der Waals surface area contributed by atoms with Crippen molar-refractivity contribution >= 4 is 57.0 Å². The van der Waals surface area contributed by atoms with Crippen LogP contribution in [0, 0.1) is 5.82 Å². The summed E-state index contributed by atoms with van der Waals surface area (Å²) >= 11 is 19.2. The quantitative estimate of drug-likeness (QED) is 0.553. The number of aromatic nitrogens is 2. The molecule has 0 aliphatic heterocycles. The van der Waals surface area contributed by atoms with Crippen molar-refractivity contribution in [2.45, 2.75) is 0 Å². The van der Waals surface area contributed by atoms with Crippen LogP contribution in [0.4, 0.5) is 4.39 Å². The molecule has 2 nitrogen and oxygen atoms in total. The van der Waals surface area contributed by atoms with Gasteiger partial charge in [-0.15, -0.1) is 11.3 Å². The summed E-state index contributed by atoms with van der Waals surface area (Å²) < 4.78 is 14.4. The Hall–Kier alpha value is -0.940. The molecule has 0 amide bonds. The molecule has 0 N–H and O–H groups in total. The Balaban J connectivity index is 2.33. The first kappa shape index (κ1) is 13.1. The van der Waals surface area contributed by atoms with Crippen molar-refractivity contribution in [2.24, 2.45) is 0 Å². The minimum atomic E-state index is -0.493. The smallest absolute Gasteiger partial charge is 0.171 e. The zero-order valence-electron chi connectivity index (χ0n) is 9.12. The molecule has 0 unspecified atom stereocenters. The van der Waals surface area contributed by atoms with E-state index < -0.39 is 5.82 Å². The van der Waals surface area contributed by atoms with Crippen LogP contribution in [-0.2, 0) is 0 Å². The largest absolute Gasteiger partial charge is 0.224 e. The first-order valence-corrected chi connectivity index (χ1v) is 7.08. The van der Waals surface area contributed by atoms with Crippen molar-refractivity contribution < 1.29 is 4.39 Å². The lowest BCUT2D eigenvalue weighted by molar-refractivity contribution is 0.636. The number of nitrogens with zero attached hydrogens (tertiary/aromatic N) is 2. The van der Waals surface area contributed by atoms with Crippen LogP contribution in [0.25, 0.3) is 21.6 Å². The highest BCUT2D eigenvalue weighted by Crippen LogP contribution is 2.34. The van der Waals surface area contributed by atoms with E-state index in [1.807, 2.05) is 0 Å². The van der Waals surface area contributed by atoms with Crippen LogP contribution in [0.15, 0.2) is 24.3 Å². The number of hydrogen-bond donors (Lipinski definition) is 0. The molecule has 0 aliphatic rings. The standard InChI is InChI=1S/C12H4Cl3FN2S/c13-5-1-2-6(16)10-9(5)11(15)18-12(17-10)7-3-4-8(14)19-7/h1-4H. The van der Waals surface area contributed by atoms with Crippen LogP contribution in [0.5, 0.6) is 0 Å². The van der Waals surface area contributed by atoms with E-state index >= 15 is 0 Å². The third-order valence-electron chi connectivity index (χ3n) is 2.50. The lowest BCUT2D eigenvalue weighted by Gasteiger charge is -2.05. The summed E-state index contributed by atoms with van der Waals surface area (Å²) in [7, 11) is 0. The maximum atomic E-state index is 13.8. The zero-order valence-corrected chi connectivity index (χ0v) is 12.2. The van der Waals surface area contributed by atoms with Crippen LogP contribution in [0.2, 0.25) is 14.5 Å². The van der Waals surface area contributed by atoms with E-state index in [2.05, 4.69) is 9.97 Å². The van der Waals surface area contributed by atoms with Gasteiger partial charge in [-0.1, -0.05) is 34.8 Å². The normalized spacial score (nSPS) is 11.2. The number of fused-ring (bicyclic) bond motifs is 1. The number of hydrogen-bond acceptors (Lipinski definition) is 3. The minimum absolute atomic E-state index is 0.104. The van der Waals surface area contributed by atoms with Crippen molar-refractivity contribution in [3.8, 4) is 10.7 Å². The van der Waals surface area contributed by atoms with E-state index in [0.717, 1.165) is 0 Å². The van der Waals surface area contributed by atoms with Crippen molar-refractivity contribution in [2.75, 3.05) is 0 Å². The maximum Gasteiger partial charge on any atom is 0.171 e. The lowest BCUT2D eigenvalue weighted by Crippen LogP contribution is -1.93. The minimum Gasteiger partial charge on any atom is -0.224 e. The van der Waals surface area contributed by atoms with Crippen LogP contribution in [-0.4, -0.2) is 9.97 Å². The molecule has 1 aromatic carbocycles. The van der Waals surface area contributed by atoms with Gasteiger partial charge in [-0.05, 0) is 24.3 Å². The number of thiophene rings is 1. The van der Waals surface area contributed by atoms with Gasteiger partial charge in [0.1, 0.15) is 16.5 Å². The van der Waals surface area contributed by atoms with Gasteiger partial charge in [0.15, 0.2) is 5.82 Å². The van der Waals surface area contributed by atoms with E-state index in [0.29, 0.717) is 25.4 Å². The molecular weight excluding hydrogens is 330 g/mol. The van der Waals surface area contributed by atoms with Crippen LogP contribution in [0.1, 0.15) is 0 Å². The molecule has 2 aromatic heterocycles. The molecule has 7 heteroatoms. The molecule has 0 atom stereocenters. The highest BCUT2D eigenvalue weighted by Gasteiger charge is 2.15. The third-order valence-corrected chi connectivity index (χ3v) is 4.32. The molecule has 0 spiro atoms. The number of benzene rings is 1. The molecular formula is C12H4Cl3FN2S. The Morgan fingerprint density at radius 1 is 1.00 bits per heavy atom. The monoisotopic (exact) mass is 332 g/mol. The Bertz CT molecular complexity index is 788. The van der Waals surface area contributed by atoms with Crippen molar-refractivity contribution in [3.05, 3.63) is 44.6 Å². The average Bonchev–Trinajstić information content (AvgIpc) is 2.80. The molecule has 0 saturated carbocycles. The second-order valence-corrected chi connectivity index (χ2v) is 6.17. The van der Waals surface area contributed by atoms with Crippen molar-refractivity contribution in [3.63, 3.8) is 0 Å². The molecule has 0 bridgehead atoms. The van der Waals surface area contributed by atoms with Gasteiger partial charge in [0, 0.05) is 0 Å². The molecule has 3 rings (SSSR count). The zero-order chi connectivity index (χ0) is 13.6. The molecule has 96 valence electrons. The Labute approximate surface area is 126 Å². The average molecular weight is 334 g/mol. The number of rotatable bonds is 1. The SMILES string of the molecule is Fc1ccc(Cl)c2c(Cl)nc(-c3ccc(Cl)s3)nc12. The number of halogens is 4. The van der Waals surface area contributed by atoms with Gasteiger partial charge in [-0.25, -0.2) is 14.4 Å². The van der Waals surface area contributed by atoms with E-state index in [1.54, 1.807) is 12.1 Å². The molecule has 3 aromatic rings. The molecule has 0 radical (unpaired) electrons. The molecule has 0 aliphatic carbocycles. The van der Waals surface area contributed by atoms with Gasteiger partial charge < -0.3 is 0 Å². The van der Waals surface area contributed by atoms with Crippen LogP contribution < -0.4 is 0 Å². The molecule has 0 fully saturated rings. The van der Waals surface area contributed by atoms with Gasteiger partial charge in [0.05, 0.1) is 19.6 Å². The van der Waals surface area contributed by atoms with Crippen molar-refractivity contribution in [1.82, 2.24) is 9.97 Å². The van der Waals surface area contributed by atoms with Crippen LogP contribution in [0.3, 0.4) is 0 Å². The predicted molar refractivity (Wildman–Crippen MR) is 77.8 cm³/mol. The van der Waals surface area contributed by atoms with Gasteiger partial charge in [-0.2, -0.15) is 0 Å². The van der Waals surface area contributed by atoms with Crippen LogP contribution >= 0.6 is 46.1 Å². The third kappa shape index (κ3) is 2.30. The Kier molecular flexibility index (Phi) is 3.35. The second-order valence-electron chi connectivity index (χ2n) is 3.69. The summed E-state index contributed by atoms with van der Waals surface area (Å²) in [4.78, 5) is 9.03. The van der Waals surface area contributed by atoms with E-state index in [1.165, 1.54) is 23.5 Å². The molecule has 0 saturated heterocycles. The summed E-state index contributed by atoms with van der Waals surface area (Å²) in [6.07, 6.45) is 0. The van der Waals surface area contributed by atoms with Gasteiger partial charge >= 0.3 is 0 Å². The van der Waals surface area contributed by atoms with Gasteiger partial charge in [0.2, 0.25) is 0 Å². The highest BCUT2D eigenvalue weighted by molar-refractivity contribution is 7.19. The van der Waals surface area contributed by atoms with Crippen molar-refractivity contribution in [1.29, 1.82) is 0 Å². The van der Waals surface area contributed by atoms with E-state index in [9.17, 15) is 4.39 Å². The summed E-state index contributed by atoms with van der Waals surface area (Å²) in [5.41, 5.74) is 0.104. The lowest BCUT2D eigenvalue weighted by atomic mass is 10.2. The second kappa shape index (κ2) is 4.87. The fourth-order valence-corrected chi connectivity index (χ4v) is 3.21. The Morgan fingerprint density at radius 2 is 1.79 bits per heavy atom. The molecule has 19 heavy (non-hydrogen) atoms. The highest BCUT2D eigenvalue weighted by atomic mass is 35.5. The first-order chi connectivity index (χ1) is 9.06. The fourth-order valence-electron chi connectivity index (χ4n) is 1.67. The maximum absolute atomic E-state index is 13.8. The predicted octanol–water partition coefficient (Wildman–Crippen LogP) is 5.46.